The van der Waals surface area contributed by atoms with E-state index in [2.05, 4.69) is 10.6 Å². The van der Waals surface area contributed by atoms with Crippen molar-refractivity contribution in [1.29, 1.82) is 0 Å². The van der Waals surface area contributed by atoms with E-state index in [-0.39, 0.29) is 12.5 Å². The van der Waals surface area contributed by atoms with E-state index < -0.39 is 0 Å². The fourth-order valence-corrected chi connectivity index (χ4v) is 1.78. The third-order valence-electron chi connectivity index (χ3n) is 2.46. The lowest BCUT2D eigenvalue weighted by atomic mass is 10.2. The molecule has 0 unspecified atom stereocenters. The van der Waals surface area contributed by atoms with Crippen molar-refractivity contribution in [2.24, 2.45) is 0 Å². The van der Waals surface area contributed by atoms with Crippen molar-refractivity contribution >= 4 is 17.5 Å². The second-order valence-corrected chi connectivity index (χ2v) is 4.32. The molecular formula is C13H19ClN2O3. The lowest BCUT2D eigenvalue weighted by Gasteiger charge is -2.08. The van der Waals surface area contributed by atoms with Crippen molar-refractivity contribution in [2.75, 3.05) is 33.9 Å². The molecule has 2 N–H and O–H groups in total. The zero-order valence-corrected chi connectivity index (χ0v) is 11.9. The Hall–Kier alpha value is -1.30. The molecule has 0 saturated carbocycles. The van der Waals surface area contributed by atoms with Gasteiger partial charge in [0.25, 0.3) is 0 Å². The van der Waals surface area contributed by atoms with E-state index in [1.165, 1.54) is 0 Å². The standard InChI is InChI=1S/C13H19ClN2O3/c1-18-6-5-16-13(17)9-15-8-10-3-4-12(19-2)11(14)7-10/h3-4,7,15H,5-6,8-9H2,1-2H3,(H,16,17). The number of carbonyl (C=O) groups excluding carboxylic acids is 1. The molecule has 106 valence electrons. The van der Waals surface area contributed by atoms with Crippen LogP contribution >= 0.6 is 11.6 Å². The first kappa shape index (κ1) is 15.8. The van der Waals surface area contributed by atoms with Gasteiger partial charge in [-0.1, -0.05) is 17.7 Å². The highest BCUT2D eigenvalue weighted by Gasteiger charge is 2.03. The first-order chi connectivity index (χ1) is 9.17. The molecule has 0 radical (unpaired) electrons. The summed E-state index contributed by atoms with van der Waals surface area (Å²) in [6.45, 7) is 1.86. The van der Waals surface area contributed by atoms with Gasteiger partial charge in [-0.25, -0.2) is 0 Å². The Kier molecular flexibility index (Phi) is 7.25. The molecule has 0 heterocycles. The largest absolute Gasteiger partial charge is 0.495 e. The Morgan fingerprint density at radius 1 is 1.37 bits per heavy atom. The second kappa shape index (κ2) is 8.74. The van der Waals surface area contributed by atoms with Crippen LogP contribution in [0, 0.1) is 0 Å². The number of nitrogens with one attached hydrogen (secondary N) is 2. The number of methoxy groups -OCH3 is 2. The minimum absolute atomic E-state index is 0.0586. The molecule has 0 fully saturated rings. The van der Waals surface area contributed by atoms with Gasteiger partial charge in [-0.05, 0) is 17.7 Å². The minimum atomic E-state index is -0.0586. The molecule has 5 nitrogen and oxygen atoms in total. The molecule has 0 atom stereocenters. The summed E-state index contributed by atoms with van der Waals surface area (Å²) in [4.78, 5) is 11.4. The molecule has 6 heteroatoms. The summed E-state index contributed by atoms with van der Waals surface area (Å²) >= 11 is 6.01. The average molecular weight is 287 g/mol. The van der Waals surface area contributed by atoms with Crippen LogP contribution in [-0.4, -0.2) is 39.8 Å². The molecule has 1 aromatic rings. The Morgan fingerprint density at radius 2 is 2.16 bits per heavy atom. The Morgan fingerprint density at radius 3 is 2.79 bits per heavy atom. The van der Waals surface area contributed by atoms with E-state index in [0.29, 0.717) is 30.5 Å². The Labute approximate surface area is 118 Å². The monoisotopic (exact) mass is 286 g/mol. The Bertz CT molecular complexity index is 413. The number of rotatable bonds is 8. The molecule has 0 saturated heterocycles. The van der Waals surface area contributed by atoms with Crippen LogP contribution in [0.1, 0.15) is 5.56 Å². The first-order valence-corrected chi connectivity index (χ1v) is 6.34. The van der Waals surface area contributed by atoms with Gasteiger partial charge in [0.05, 0.1) is 25.3 Å². The molecular weight excluding hydrogens is 268 g/mol. The van der Waals surface area contributed by atoms with E-state index >= 15 is 0 Å². The van der Waals surface area contributed by atoms with Crippen LogP contribution < -0.4 is 15.4 Å². The Balaban J connectivity index is 2.29. The van der Waals surface area contributed by atoms with Gasteiger partial charge < -0.3 is 20.1 Å². The van der Waals surface area contributed by atoms with Gasteiger partial charge >= 0.3 is 0 Å². The molecule has 0 aromatic heterocycles. The van der Waals surface area contributed by atoms with Crippen LogP contribution in [-0.2, 0) is 16.1 Å². The van der Waals surface area contributed by atoms with Crippen molar-refractivity contribution in [3.05, 3.63) is 28.8 Å². The van der Waals surface area contributed by atoms with E-state index in [9.17, 15) is 4.79 Å². The SMILES string of the molecule is COCCNC(=O)CNCc1ccc(OC)c(Cl)c1. The van der Waals surface area contributed by atoms with Gasteiger partial charge in [-0.2, -0.15) is 0 Å². The number of hydrogen-bond acceptors (Lipinski definition) is 4. The predicted octanol–water partition coefficient (Wildman–Crippen LogP) is 1.20. The molecule has 0 aliphatic rings. The zero-order valence-electron chi connectivity index (χ0n) is 11.2. The number of amides is 1. The highest BCUT2D eigenvalue weighted by atomic mass is 35.5. The van der Waals surface area contributed by atoms with Gasteiger partial charge in [0.2, 0.25) is 5.91 Å². The topological polar surface area (TPSA) is 59.6 Å². The normalized spacial score (nSPS) is 10.3. The lowest BCUT2D eigenvalue weighted by Crippen LogP contribution is -2.35. The number of carbonyl (C=O) groups is 1. The van der Waals surface area contributed by atoms with Gasteiger partial charge in [-0.15, -0.1) is 0 Å². The third kappa shape index (κ3) is 5.92. The van der Waals surface area contributed by atoms with E-state index in [1.807, 2.05) is 12.1 Å². The summed E-state index contributed by atoms with van der Waals surface area (Å²) in [6.07, 6.45) is 0. The molecule has 1 rings (SSSR count). The highest BCUT2D eigenvalue weighted by molar-refractivity contribution is 6.32. The van der Waals surface area contributed by atoms with E-state index in [1.54, 1.807) is 20.3 Å². The van der Waals surface area contributed by atoms with Crippen LogP contribution in [0.5, 0.6) is 5.75 Å². The second-order valence-electron chi connectivity index (χ2n) is 3.92. The molecule has 1 amide bonds. The summed E-state index contributed by atoms with van der Waals surface area (Å²) in [5.74, 6) is 0.583. The van der Waals surface area contributed by atoms with E-state index in [0.717, 1.165) is 5.56 Å². The summed E-state index contributed by atoms with van der Waals surface area (Å²) in [6, 6.07) is 5.52. The van der Waals surface area contributed by atoms with E-state index in [4.69, 9.17) is 21.1 Å². The molecule has 0 aliphatic heterocycles. The van der Waals surface area contributed by atoms with Crippen LogP contribution in [0.4, 0.5) is 0 Å². The predicted molar refractivity (Wildman–Crippen MR) is 74.6 cm³/mol. The number of benzene rings is 1. The molecule has 0 bridgehead atoms. The molecule has 0 aliphatic carbocycles. The average Bonchev–Trinajstić information content (AvgIpc) is 2.39. The van der Waals surface area contributed by atoms with Gasteiger partial charge in [0.15, 0.2) is 0 Å². The first-order valence-electron chi connectivity index (χ1n) is 5.96. The van der Waals surface area contributed by atoms with Crippen LogP contribution in [0.3, 0.4) is 0 Å². The maximum absolute atomic E-state index is 11.4. The van der Waals surface area contributed by atoms with Crippen molar-refractivity contribution in [3.8, 4) is 5.75 Å². The fraction of sp³-hybridized carbons (Fsp3) is 0.462. The van der Waals surface area contributed by atoms with Crippen molar-refractivity contribution in [2.45, 2.75) is 6.54 Å². The number of halogens is 1. The molecule has 0 spiro atoms. The maximum atomic E-state index is 11.4. The molecule has 19 heavy (non-hydrogen) atoms. The van der Waals surface area contributed by atoms with Crippen molar-refractivity contribution < 1.29 is 14.3 Å². The molecule has 1 aromatic carbocycles. The summed E-state index contributed by atoms with van der Waals surface area (Å²) in [5, 5.41) is 6.33. The van der Waals surface area contributed by atoms with Crippen LogP contribution in [0.25, 0.3) is 0 Å². The third-order valence-corrected chi connectivity index (χ3v) is 2.75. The summed E-state index contributed by atoms with van der Waals surface area (Å²) < 4.78 is 9.91. The van der Waals surface area contributed by atoms with Crippen LogP contribution in [0.15, 0.2) is 18.2 Å². The quantitative estimate of drug-likeness (QED) is 0.705. The lowest BCUT2D eigenvalue weighted by molar-refractivity contribution is -0.120. The smallest absolute Gasteiger partial charge is 0.234 e. The summed E-state index contributed by atoms with van der Waals surface area (Å²) in [5.41, 5.74) is 0.996. The number of hydrogen-bond donors (Lipinski definition) is 2. The van der Waals surface area contributed by atoms with Crippen molar-refractivity contribution in [1.82, 2.24) is 10.6 Å². The number of ether oxygens (including phenoxy) is 2. The summed E-state index contributed by atoms with van der Waals surface area (Å²) in [7, 11) is 3.17. The van der Waals surface area contributed by atoms with Gasteiger partial charge in [-0.3, -0.25) is 4.79 Å². The minimum Gasteiger partial charge on any atom is -0.495 e. The van der Waals surface area contributed by atoms with Gasteiger partial charge in [0, 0.05) is 20.2 Å². The maximum Gasteiger partial charge on any atom is 0.234 e. The van der Waals surface area contributed by atoms with Gasteiger partial charge in [0.1, 0.15) is 5.75 Å². The van der Waals surface area contributed by atoms with Crippen LogP contribution in [0.2, 0.25) is 5.02 Å². The van der Waals surface area contributed by atoms with Crippen molar-refractivity contribution in [3.63, 3.8) is 0 Å². The fourth-order valence-electron chi connectivity index (χ4n) is 1.50. The zero-order chi connectivity index (χ0) is 14.1. The highest BCUT2D eigenvalue weighted by Crippen LogP contribution is 2.24.